The van der Waals surface area contributed by atoms with Crippen LogP contribution in [0.3, 0.4) is 0 Å². The molecule has 6 heteroatoms. The van der Waals surface area contributed by atoms with E-state index in [2.05, 4.69) is 264 Å². The maximum Gasteiger partial charge on any atom is 0.267 e. The first kappa shape index (κ1) is 47.3. The van der Waals surface area contributed by atoms with Crippen LogP contribution in [0.4, 0.5) is 0 Å². The summed E-state index contributed by atoms with van der Waals surface area (Å²) >= 11 is 0. The van der Waals surface area contributed by atoms with Gasteiger partial charge < -0.3 is 13.9 Å². The van der Waals surface area contributed by atoms with Gasteiger partial charge in [0.25, 0.3) is 6.33 Å². The van der Waals surface area contributed by atoms with Gasteiger partial charge in [-0.25, -0.2) is 4.98 Å². The van der Waals surface area contributed by atoms with Crippen molar-refractivity contribution in [1.29, 1.82) is 0 Å². The Morgan fingerprint density at radius 1 is 0.580 bits per heavy atom. The maximum absolute atomic E-state index is 6.97. The van der Waals surface area contributed by atoms with Gasteiger partial charge in [-0.15, -0.1) is 35.2 Å². The topological polar surface area (TPSA) is 35.9 Å². The van der Waals surface area contributed by atoms with Gasteiger partial charge in [0, 0.05) is 61.3 Å². The minimum absolute atomic E-state index is 0. The van der Waals surface area contributed by atoms with Gasteiger partial charge in [0.1, 0.15) is 5.82 Å². The quantitative estimate of drug-likeness (QED) is 0.0956. The molecule has 0 unspecified atom stereocenters. The Bertz CT molecular complexity index is 3450. The van der Waals surface area contributed by atoms with Gasteiger partial charge in [0.05, 0.1) is 11.4 Å². The molecular formula is C63H58N4OPt-2. The van der Waals surface area contributed by atoms with Crippen molar-refractivity contribution >= 4 is 21.8 Å². The molecule has 10 rings (SSSR count). The van der Waals surface area contributed by atoms with E-state index < -0.39 is 0 Å². The minimum atomic E-state index is -0.241. The molecule has 0 aliphatic heterocycles. The Kier molecular flexibility index (Phi) is 12.7. The van der Waals surface area contributed by atoms with Gasteiger partial charge >= 0.3 is 0 Å². The zero-order chi connectivity index (χ0) is 47.4. The number of pyridine rings is 1. The fraction of sp³-hybridized carbons (Fsp3) is 0.206. The molecule has 0 amide bonds. The van der Waals surface area contributed by atoms with E-state index in [4.69, 9.17) is 9.72 Å². The van der Waals surface area contributed by atoms with Crippen molar-refractivity contribution in [3.63, 3.8) is 0 Å². The number of ether oxygens (including phenoxy) is 1. The van der Waals surface area contributed by atoms with Crippen LogP contribution < -0.4 is 9.30 Å². The summed E-state index contributed by atoms with van der Waals surface area (Å²) in [6.45, 7) is 20.3. The van der Waals surface area contributed by atoms with Crippen molar-refractivity contribution in [3.05, 3.63) is 234 Å². The van der Waals surface area contributed by atoms with Crippen LogP contribution in [0, 0.1) is 18.5 Å². The molecule has 3 heterocycles. The number of fused-ring (bicyclic) bond motifs is 3. The number of rotatable bonds is 11. The standard InChI is InChI=1S/C63H58N4O.Pt/c1-43(2)53-27-16-17-28-54(53)44-35-50(66-42-65(41-59(66)61(3,4)5)49-26-20-25-47(37-49)62(6,7)45-21-12-10-13-22-45)39-52(36-44)68-51-31-32-56-55-29-18-19-30-57(55)67(58(56)40-51)60-38-48(33-34-64-60)63(8,9)46-23-14-11-15-24-46;/h10-38,41,43H,1-9H3;/q-2;. The first-order valence-electron chi connectivity index (χ1n) is 23.7. The van der Waals surface area contributed by atoms with Gasteiger partial charge in [-0.05, 0) is 86.1 Å². The van der Waals surface area contributed by atoms with Gasteiger partial charge in [-0.2, -0.15) is 12.1 Å². The predicted octanol–water partition coefficient (Wildman–Crippen LogP) is 15.2. The number of benzene rings is 7. The molecule has 69 heavy (non-hydrogen) atoms. The van der Waals surface area contributed by atoms with E-state index in [-0.39, 0.29) is 37.3 Å². The number of nitrogens with zero attached hydrogens (tertiary/aromatic N) is 4. The summed E-state index contributed by atoms with van der Waals surface area (Å²) in [5.41, 5.74) is 12.6. The van der Waals surface area contributed by atoms with Crippen molar-refractivity contribution in [2.45, 2.75) is 84.5 Å². The molecule has 0 spiro atoms. The Labute approximate surface area is 422 Å². The molecule has 0 fully saturated rings. The number of hydrogen-bond acceptors (Lipinski definition) is 2. The van der Waals surface area contributed by atoms with Crippen LogP contribution in [0.25, 0.3) is 50.1 Å². The maximum atomic E-state index is 6.97. The van der Waals surface area contributed by atoms with E-state index in [1.54, 1.807) is 0 Å². The van der Waals surface area contributed by atoms with E-state index in [1.165, 1.54) is 27.8 Å². The van der Waals surface area contributed by atoms with Crippen LogP contribution >= 0.6 is 0 Å². The SMILES string of the molecule is CC(C)c1ccccc1-c1cc(Oc2[c-]c3c(cc2)c2ccccc2n3-c2cc(C(C)(C)c3ccccc3)ccn2)[c-]c(-n2[c-][n+](-c3cccc(C(C)(C)c4ccccc4)c3)cc2C(C)(C)C)c1.[Pt]. The molecule has 0 atom stereocenters. The third-order valence-electron chi connectivity index (χ3n) is 13.7. The largest absolute Gasteiger partial charge is 0.510 e. The predicted molar refractivity (Wildman–Crippen MR) is 278 cm³/mol. The van der Waals surface area contributed by atoms with E-state index in [0.717, 1.165) is 55.8 Å². The Morgan fingerprint density at radius 2 is 1.22 bits per heavy atom. The first-order valence-corrected chi connectivity index (χ1v) is 23.7. The summed E-state index contributed by atoms with van der Waals surface area (Å²) in [6.07, 6.45) is 7.90. The molecule has 5 nitrogen and oxygen atoms in total. The molecule has 3 aromatic heterocycles. The average molecular weight is 1080 g/mol. The average Bonchev–Trinajstić information content (AvgIpc) is 3.96. The van der Waals surface area contributed by atoms with E-state index in [1.807, 2.05) is 12.3 Å². The fourth-order valence-corrected chi connectivity index (χ4v) is 9.65. The molecule has 0 saturated carbocycles. The van der Waals surface area contributed by atoms with Crippen LogP contribution in [0.1, 0.15) is 102 Å². The van der Waals surface area contributed by atoms with Crippen molar-refractivity contribution in [3.8, 4) is 39.8 Å². The number of hydrogen-bond donors (Lipinski definition) is 0. The van der Waals surface area contributed by atoms with E-state index >= 15 is 0 Å². The Balaban J connectivity index is 0.00000593. The molecule has 348 valence electrons. The van der Waals surface area contributed by atoms with Crippen LogP contribution in [0.15, 0.2) is 182 Å². The van der Waals surface area contributed by atoms with E-state index in [9.17, 15) is 0 Å². The van der Waals surface area contributed by atoms with Crippen LogP contribution in [-0.4, -0.2) is 14.1 Å². The third-order valence-corrected chi connectivity index (χ3v) is 13.7. The minimum Gasteiger partial charge on any atom is -0.510 e. The van der Waals surface area contributed by atoms with Crippen LogP contribution in [0.2, 0.25) is 0 Å². The van der Waals surface area contributed by atoms with Gasteiger partial charge in [-0.1, -0.05) is 183 Å². The monoisotopic (exact) mass is 1080 g/mol. The molecule has 0 N–H and O–H groups in total. The number of imidazole rings is 1. The molecule has 0 radical (unpaired) electrons. The van der Waals surface area contributed by atoms with Crippen LogP contribution in [-0.2, 0) is 37.3 Å². The summed E-state index contributed by atoms with van der Waals surface area (Å²) < 4.78 is 13.5. The zero-order valence-corrected chi connectivity index (χ0v) is 43.2. The van der Waals surface area contributed by atoms with Gasteiger partial charge in [0.15, 0.2) is 0 Å². The smallest absolute Gasteiger partial charge is 0.267 e. The van der Waals surface area contributed by atoms with Gasteiger partial charge in [0.2, 0.25) is 0 Å². The summed E-state index contributed by atoms with van der Waals surface area (Å²) in [5.74, 6) is 2.30. The van der Waals surface area contributed by atoms with Crippen LogP contribution in [0.5, 0.6) is 11.5 Å². The number of aromatic nitrogens is 4. The Hall–Kier alpha value is -6.81. The molecule has 0 saturated heterocycles. The molecule has 0 aliphatic rings. The summed E-state index contributed by atoms with van der Waals surface area (Å²) in [7, 11) is 0. The van der Waals surface area contributed by atoms with Gasteiger partial charge in [-0.3, -0.25) is 4.57 Å². The van der Waals surface area contributed by atoms with Crippen molar-refractivity contribution in [1.82, 2.24) is 14.1 Å². The molecule has 0 bridgehead atoms. The summed E-state index contributed by atoms with van der Waals surface area (Å²) in [4.78, 5) is 4.99. The zero-order valence-electron chi connectivity index (χ0n) is 40.9. The normalized spacial score (nSPS) is 12.1. The molecule has 7 aromatic carbocycles. The second kappa shape index (κ2) is 18.6. The first-order chi connectivity index (χ1) is 32.7. The second-order valence-corrected chi connectivity index (χ2v) is 20.4. The van der Waals surface area contributed by atoms with Crippen molar-refractivity contribution in [2.24, 2.45) is 0 Å². The fourth-order valence-electron chi connectivity index (χ4n) is 9.65. The molecule has 10 aromatic rings. The second-order valence-electron chi connectivity index (χ2n) is 20.4. The van der Waals surface area contributed by atoms with E-state index in [0.29, 0.717) is 17.4 Å². The summed E-state index contributed by atoms with van der Waals surface area (Å²) in [5, 5.41) is 2.20. The van der Waals surface area contributed by atoms with Crippen molar-refractivity contribution < 1.29 is 30.4 Å². The van der Waals surface area contributed by atoms with Crippen molar-refractivity contribution in [2.75, 3.05) is 0 Å². The number of para-hydroxylation sites is 1. The molecular weight excluding hydrogens is 1020 g/mol. The summed E-state index contributed by atoms with van der Waals surface area (Å²) in [6, 6.07) is 67.6. The molecule has 0 aliphatic carbocycles. The Morgan fingerprint density at radius 3 is 1.91 bits per heavy atom. The third kappa shape index (κ3) is 9.02.